The van der Waals surface area contributed by atoms with Gasteiger partial charge in [-0.3, -0.25) is 14.8 Å². The Morgan fingerprint density at radius 2 is 1.89 bits per heavy atom. The van der Waals surface area contributed by atoms with Gasteiger partial charge >= 0.3 is 0 Å². The molecule has 6 rings (SSSR count). The Bertz CT molecular complexity index is 1490. The van der Waals surface area contributed by atoms with E-state index >= 15 is 0 Å². The first-order valence-electron chi connectivity index (χ1n) is 12.3. The van der Waals surface area contributed by atoms with Crippen molar-refractivity contribution < 1.29 is 4.79 Å². The number of likely N-dealkylation sites (N-methyl/N-ethyl adjacent to an activating group) is 1. The number of hydrogen-bond acceptors (Lipinski definition) is 7. The summed E-state index contributed by atoms with van der Waals surface area (Å²) in [6, 6.07) is 17.1. The molecule has 2 aromatic heterocycles. The van der Waals surface area contributed by atoms with Gasteiger partial charge in [-0.25, -0.2) is 4.98 Å². The third-order valence-electron chi connectivity index (χ3n) is 7.14. The molecule has 2 aliphatic rings. The second-order valence-corrected chi connectivity index (χ2v) is 9.44. The van der Waals surface area contributed by atoms with Crippen LogP contribution in [0.1, 0.15) is 29.3 Å². The number of aliphatic imine (C=N–C) groups is 1. The molecule has 0 saturated carbocycles. The zero-order valence-electron chi connectivity index (χ0n) is 20.5. The van der Waals surface area contributed by atoms with E-state index in [-0.39, 0.29) is 5.78 Å². The van der Waals surface area contributed by atoms with E-state index in [1.807, 2.05) is 37.7 Å². The number of ketones is 1. The maximum Gasteiger partial charge on any atom is 0.163 e. The third-order valence-corrected chi connectivity index (χ3v) is 7.14. The summed E-state index contributed by atoms with van der Waals surface area (Å²) in [5.41, 5.74) is 7.43. The lowest BCUT2D eigenvalue weighted by Gasteiger charge is -2.18. The lowest BCUT2D eigenvalue weighted by Crippen LogP contribution is -2.29. The van der Waals surface area contributed by atoms with Gasteiger partial charge in [0.05, 0.1) is 34.3 Å². The molecule has 0 aliphatic carbocycles. The second kappa shape index (κ2) is 9.17. The fourth-order valence-electron chi connectivity index (χ4n) is 5.07. The average molecular weight is 477 g/mol. The Balaban J connectivity index is 1.36. The summed E-state index contributed by atoms with van der Waals surface area (Å²) in [4.78, 5) is 28.5. The lowest BCUT2D eigenvalue weighted by molar-refractivity contribution is 0.101. The molecule has 2 aliphatic heterocycles. The Morgan fingerprint density at radius 3 is 2.67 bits per heavy atom. The number of nitrogens with zero attached hydrogens (tertiary/aromatic N) is 4. The van der Waals surface area contributed by atoms with Gasteiger partial charge in [0.1, 0.15) is 5.82 Å². The molecule has 1 unspecified atom stereocenters. The summed E-state index contributed by atoms with van der Waals surface area (Å²) in [6.45, 7) is 3.52. The van der Waals surface area contributed by atoms with E-state index in [1.165, 1.54) is 5.56 Å². The van der Waals surface area contributed by atoms with Crippen molar-refractivity contribution in [3.8, 4) is 11.1 Å². The first kappa shape index (κ1) is 22.4. The molecule has 2 aromatic carbocycles. The standard InChI is InChI=1S/C29H28N6O/c1-18(36)25-16-32-27-7-4-20(19-3-6-26-21(13-19)9-11-31-26)14-24(27)29(25)34-22-5-8-28(33-15-22)35-12-10-23(17-35)30-2/h3-8,11,13-16,23,30H,9-10,12,17H2,1-2H3,(H,32,34). The number of Topliss-reactive ketones (excluding diaryl/α,β-unsaturated/α-hetero) is 1. The molecule has 0 bridgehead atoms. The van der Waals surface area contributed by atoms with Crippen molar-refractivity contribution in [2.24, 2.45) is 4.99 Å². The first-order chi connectivity index (χ1) is 17.6. The Kier molecular flexibility index (Phi) is 5.70. The smallest absolute Gasteiger partial charge is 0.163 e. The number of carbonyl (C=O) groups is 1. The molecule has 36 heavy (non-hydrogen) atoms. The Hall–Kier alpha value is -4.10. The van der Waals surface area contributed by atoms with E-state index in [9.17, 15) is 4.79 Å². The average Bonchev–Trinajstić information content (AvgIpc) is 3.58. The summed E-state index contributed by atoms with van der Waals surface area (Å²) in [6.07, 6.45) is 7.41. The van der Waals surface area contributed by atoms with Crippen LogP contribution in [-0.4, -0.2) is 48.1 Å². The predicted octanol–water partition coefficient (Wildman–Crippen LogP) is 5.30. The van der Waals surface area contributed by atoms with Crippen LogP contribution >= 0.6 is 0 Å². The quantitative estimate of drug-likeness (QED) is 0.368. The molecule has 2 N–H and O–H groups in total. The largest absolute Gasteiger partial charge is 0.355 e. The Morgan fingerprint density at radius 1 is 1.03 bits per heavy atom. The van der Waals surface area contributed by atoms with Gasteiger partial charge in [-0.2, -0.15) is 0 Å². The normalized spacial score (nSPS) is 16.5. The van der Waals surface area contributed by atoms with Crippen LogP contribution in [0.25, 0.3) is 22.0 Å². The topological polar surface area (TPSA) is 82.5 Å². The van der Waals surface area contributed by atoms with Gasteiger partial charge in [0.25, 0.3) is 0 Å². The summed E-state index contributed by atoms with van der Waals surface area (Å²) >= 11 is 0. The van der Waals surface area contributed by atoms with Crippen molar-refractivity contribution in [3.63, 3.8) is 0 Å². The molecule has 7 nitrogen and oxygen atoms in total. The molecule has 180 valence electrons. The van der Waals surface area contributed by atoms with Crippen LogP contribution in [-0.2, 0) is 6.42 Å². The van der Waals surface area contributed by atoms with Crippen LogP contribution < -0.4 is 15.5 Å². The van der Waals surface area contributed by atoms with Crippen molar-refractivity contribution >= 4 is 45.8 Å². The lowest BCUT2D eigenvalue weighted by atomic mass is 9.98. The summed E-state index contributed by atoms with van der Waals surface area (Å²) in [5.74, 6) is 0.930. The minimum Gasteiger partial charge on any atom is -0.355 e. The fourth-order valence-corrected chi connectivity index (χ4v) is 5.07. The highest BCUT2D eigenvalue weighted by Crippen LogP contribution is 2.35. The summed E-state index contributed by atoms with van der Waals surface area (Å²) in [7, 11) is 2.00. The van der Waals surface area contributed by atoms with E-state index in [4.69, 9.17) is 4.98 Å². The second-order valence-electron chi connectivity index (χ2n) is 9.44. The number of carbonyl (C=O) groups excluding carboxylic acids is 1. The molecular weight excluding hydrogens is 448 g/mol. The summed E-state index contributed by atoms with van der Waals surface area (Å²) < 4.78 is 0. The fraction of sp³-hybridized carbons (Fsp3) is 0.241. The van der Waals surface area contributed by atoms with Gasteiger partial charge in [-0.1, -0.05) is 12.1 Å². The van der Waals surface area contributed by atoms with Crippen LogP contribution in [0.3, 0.4) is 0 Å². The third kappa shape index (κ3) is 4.12. The number of fused-ring (bicyclic) bond motifs is 2. The van der Waals surface area contributed by atoms with Gasteiger partial charge < -0.3 is 15.5 Å². The molecule has 7 heteroatoms. The van der Waals surface area contributed by atoms with Crippen molar-refractivity contribution in [1.82, 2.24) is 15.3 Å². The van der Waals surface area contributed by atoms with Gasteiger partial charge in [0.15, 0.2) is 5.78 Å². The predicted molar refractivity (Wildman–Crippen MR) is 146 cm³/mol. The van der Waals surface area contributed by atoms with E-state index in [0.29, 0.717) is 11.6 Å². The number of rotatable bonds is 6. The SMILES string of the molecule is CNC1CCN(c2ccc(Nc3c(C(C)=O)cnc4ccc(-c5ccc6c(c5)CC=N6)cc34)cn2)C1. The van der Waals surface area contributed by atoms with Crippen molar-refractivity contribution in [1.29, 1.82) is 0 Å². The maximum absolute atomic E-state index is 12.5. The van der Waals surface area contributed by atoms with Crippen LogP contribution in [0.4, 0.5) is 22.9 Å². The van der Waals surface area contributed by atoms with Crippen LogP contribution in [0.5, 0.6) is 0 Å². The van der Waals surface area contributed by atoms with E-state index in [2.05, 4.69) is 55.8 Å². The highest BCUT2D eigenvalue weighted by Gasteiger charge is 2.22. The molecule has 1 saturated heterocycles. The summed E-state index contributed by atoms with van der Waals surface area (Å²) in [5, 5.41) is 7.73. The molecule has 4 heterocycles. The Labute approximate surface area is 210 Å². The van der Waals surface area contributed by atoms with E-state index < -0.39 is 0 Å². The number of benzene rings is 2. The number of hydrogen-bond donors (Lipinski definition) is 2. The van der Waals surface area contributed by atoms with Gasteiger partial charge in [0.2, 0.25) is 0 Å². The van der Waals surface area contributed by atoms with Gasteiger partial charge in [-0.15, -0.1) is 0 Å². The van der Waals surface area contributed by atoms with Crippen LogP contribution in [0.2, 0.25) is 0 Å². The van der Waals surface area contributed by atoms with Crippen LogP contribution in [0.15, 0.2) is 65.9 Å². The van der Waals surface area contributed by atoms with E-state index in [1.54, 1.807) is 13.1 Å². The molecule has 0 spiro atoms. The zero-order valence-corrected chi connectivity index (χ0v) is 20.5. The highest BCUT2D eigenvalue weighted by atomic mass is 16.1. The monoisotopic (exact) mass is 476 g/mol. The minimum absolute atomic E-state index is 0.0354. The van der Waals surface area contributed by atoms with E-state index in [0.717, 1.165) is 70.8 Å². The highest BCUT2D eigenvalue weighted by molar-refractivity contribution is 6.08. The molecule has 1 fully saturated rings. The van der Waals surface area contributed by atoms with Gasteiger partial charge in [-0.05, 0) is 73.5 Å². The molecule has 0 radical (unpaired) electrons. The van der Waals surface area contributed by atoms with Crippen LogP contribution in [0, 0.1) is 0 Å². The van der Waals surface area contributed by atoms with Crippen molar-refractivity contribution in [2.45, 2.75) is 25.8 Å². The van der Waals surface area contributed by atoms with Gasteiger partial charge in [0, 0.05) is 43.3 Å². The molecule has 1 atom stereocenters. The first-order valence-corrected chi connectivity index (χ1v) is 12.3. The molecule has 0 amide bonds. The maximum atomic E-state index is 12.5. The number of pyridine rings is 2. The molecule has 4 aromatic rings. The number of nitrogens with one attached hydrogen (secondary N) is 2. The minimum atomic E-state index is -0.0354. The number of anilines is 3. The molecular formula is C29H28N6O. The van der Waals surface area contributed by atoms with Crippen molar-refractivity contribution in [3.05, 3.63) is 72.1 Å². The zero-order chi connectivity index (χ0) is 24.6. The number of aromatic nitrogens is 2. The van der Waals surface area contributed by atoms with Crippen molar-refractivity contribution in [2.75, 3.05) is 30.4 Å².